The molecule has 1 N–H and O–H groups in total. The molecular weight excluding hydrogens is 162 g/mol. The highest BCUT2D eigenvalue weighted by Crippen LogP contribution is 1.82. The standard InChI is InChI=1S/C4H10ClNO2S/c1-9(7,8)6-4-2-3-5/h6H,2-4H2,1H3. The molecule has 0 aromatic heterocycles. The van der Waals surface area contributed by atoms with Crippen molar-refractivity contribution in [2.75, 3.05) is 18.7 Å². The van der Waals surface area contributed by atoms with Gasteiger partial charge in [0, 0.05) is 12.4 Å². The minimum atomic E-state index is -3.01. The third-order valence-electron chi connectivity index (χ3n) is 0.675. The maximum absolute atomic E-state index is 10.4. The molecule has 0 aliphatic rings. The zero-order valence-corrected chi connectivity index (χ0v) is 6.80. The van der Waals surface area contributed by atoms with Crippen LogP contribution in [0.4, 0.5) is 0 Å². The number of alkyl halides is 1. The summed E-state index contributed by atoms with van der Waals surface area (Å²) in [5.41, 5.74) is 0. The van der Waals surface area contributed by atoms with Crippen LogP contribution >= 0.6 is 11.6 Å². The van der Waals surface area contributed by atoms with Gasteiger partial charge in [0.2, 0.25) is 10.0 Å². The predicted molar refractivity (Wildman–Crippen MR) is 38.2 cm³/mol. The lowest BCUT2D eigenvalue weighted by Crippen LogP contribution is -2.23. The maximum Gasteiger partial charge on any atom is 0.208 e. The van der Waals surface area contributed by atoms with Crippen molar-refractivity contribution in [3.8, 4) is 0 Å². The van der Waals surface area contributed by atoms with Crippen LogP contribution in [0.5, 0.6) is 0 Å². The third kappa shape index (κ3) is 8.20. The smallest absolute Gasteiger partial charge is 0.208 e. The Labute approximate surface area is 60.4 Å². The molecule has 0 spiro atoms. The summed E-state index contributed by atoms with van der Waals surface area (Å²) in [6, 6.07) is 0. The van der Waals surface area contributed by atoms with Crippen LogP contribution in [0.15, 0.2) is 0 Å². The zero-order chi connectivity index (χ0) is 7.33. The highest BCUT2D eigenvalue weighted by atomic mass is 35.5. The first kappa shape index (κ1) is 9.20. The molecule has 5 heteroatoms. The van der Waals surface area contributed by atoms with Gasteiger partial charge in [-0.05, 0) is 6.42 Å². The highest BCUT2D eigenvalue weighted by molar-refractivity contribution is 7.88. The van der Waals surface area contributed by atoms with Gasteiger partial charge in [-0.15, -0.1) is 11.6 Å². The summed E-state index contributed by atoms with van der Waals surface area (Å²) in [6.45, 7) is 0.433. The summed E-state index contributed by atoms with van der Waals surface area (Å²) in [7, 11) is -3.01. The lowest BCUT2D eigenvalue weighted by Gasteiger charge is -1.97. The number of sulfonamides is 1. The molecule has 0 fully saturated rings. The summed E-state index contributed by atoms with van der Waals surface area (Å²) in [6.07, 6.45) is 1.80. The molecule has 0 saturated heterocycles. The minimum Gasteiger partial charge on any atom is -0.215 e. The minimum absolute atomic E-state index is 0.433. The summed E-state index contributed by atoms with van der Waals surface area (Å²) < 4.78 is 23.0. The Balaban J connectivity index is 3.30. The zero-order valence-electron chi connectivity index (χ0n) is 5.22. The van der Waals surface area contributed by atoms with Crippen molar-refractivity contribution >= 4 is 21.6 Å². The van der Waals surface area contributed by atoms with E-state index < -0.39 is 10.0 Å². The van der Waals surface area contributed by atoms with Crippen LogP contribution in [0.2, 0.25) is 0 Å². The molecule has 0 aromatic rings. The van der Waals surface area contributed by atoms with Crippen molar-refractivity contribution in [3.05, 3.63) is 0 Å². The van der Waals surface area contributed by atoms with Crippen molar-refractivity contribution in [3.63, 3.8) is 0 Å². The van der Waals surface area contributed by atoms with Gasteiger partial charge in [0.05, 0.1) is 6.26 Å². The topological polar surface area (TPSA) is 46.2 Å². The predicted octanol–water partition coefficient (Wildman–Crippen LogP) is 0.164. The Morgan fingerprint density at radius 3 is 2.44 bits per heavy atom. The lowest BCUT2D eigenvalue weighted by molar-refractivity contribution is 0.587. The highest BCUT2D eigenvalue weighted by Gasteiger charge is 1.96. The van der Waals surface area contributed by atoms with E-state index in [0.29, 0.717) is 18.8 Å². The quantitative estimate of drug-likeness (QED) is 0.484. The average Bonchev–Trinajstić information content (AvgIpc) is 1.63. The molecule has 0 aromatic carbocycles. The summed E-state index contributed by atoms with van der Waals surface area (Å²) >= 11 is 5.30. The van der Waals surface area contributed by atoms with Crippen molar-refractivity contribution in [2.24, 2.45) is 0 Å². The van der Waals surface area contributed by atoms with E-state index in [4.69, 9.17) is 11.6 Å². The Morgan fingerprint density at radius 1 is 1.56 bits per heavy atom. The Bertz CT molecular complexity index is 154. The van der Waals surface area contributed by atoms with E-state index in [1.807, 2.05) is 0 Å². The van der Waals surface area contributed by atoms with Crippen LogP contribution in [0.25, 0.3) is 0 Å². The average molecular weight is 172 g/mol. The molecule has 0 radical (unpaired) electrons. The van der Waals surface area contributed by atoms with Gasteiger partial charge >= 0.3 is 0 Å². The van der Waals surface area contributed by atoms with E-state index in [1.165, 1.54) is 0 Å². The fraction of sp³-hybridized carbons (Fsp3) is 1.00. The second-order valence-corrected chi connectivity index (χ2v) is 3.92. The maximum atomic E-state index is 10.4. The van der Waals surface area contributed by atoms with E-state index in [0.717, 1.165) is 6.26 Å². The molecule has 0 aliphatic heterocycles. The van der Waals surface area contributed by atoms with Crippen molar-refractivity contribution < 1.29 is 8.42 Å². The molecule has 0 amide bonds. The first-order chi connectivity index (χ1) is 4.06. The van der Waals surface area contributed by atoms with Crippen LogP contribution in [-0.4, -0.2) is 27.1 Å². The summed E-state index contributed by atoms with van der Waals surface area (Å²) in [4.78, 5) is 0. The molecule has 0 bridgehead atoms. The fourth-order valence-electron chi connectivity index (χ4n) is 0.324. The van der Waals surface area contributed by atoms with Crippen LogP contribution < -0.4 is 4.72 Å². The van der Waals surface area contributed by atoms with Gasteiger partial charge in [-0.25, -0.2) is 13.1 Å². The van der Waals surface area contributed by atoms with Gasteiger partial charge in [-0.1, -0.05) is 0 Å². The first-order valence-electron chi connectivity index (χ1n) is 2.57. The number of nitrogens with one attached hydrogen (secondary N) is 1. The van der Waals surface area contributed by atoms with E-state index in [1.54, 1.807) is 0 Å². The second kappa shape index (κ2) is 4.09. The molecule has 0 atom stereocenters. The second-order valence-electron chi connectivity index (χ2n) is 1.71. The van der Waals surface area contributed by atoms with E-state index in [9.17, 15) is 8.42 Å². The number of hydrogen-bond acceptors (Lipinski definition) is 2. The molecule has 0 unspecified atom stereocenters. The molecule has 3 nitrogen and oxygen atoms in total. The summed E-state index contributed by atoms with van der Waals surface area (Å²) in [5, 5.41) is 0. The molecule has 56 valence electrons. The number of hydrogen-bond donors (Lipinski definition) is 1. The lowest BCUT2D eigenvalue weighted by atomic mass is 10.5. The SMILES string of the molecule is CS(=O)(=O)NCCCCl. The Kier molecular flexibility index (Phi) is 4.18. The molecular formula is C4H10ClNO2S. The third-order valence-corrected chi connectivity index (χ3v) is 1.67. The Hall–Kier alpha value is 0.200. The molecule has 0 saturated carbocycles. The number of halogens is 1. The van der Waals surface area contributed by atoms with Crippen molar-refractivity contribution in [2.45, 2.75) is 6.42 Å². The number of rotatable bonds is 4. The van der Waals surface area contributed by atoms with Gasteiger partial charge in [-0.3, -0.25) is 0 Å². The van der Waals surface area contributed by atoms with Crippen LogP contribution in [-0.2, 0) is 10.0 Å². The van der Waals surface area contributed by atoms with Crippen LogP contribution in [0.3, 0.4) is 0 Å². The van der Waals surface area contributed by atoms with Crippen molar-refractivity contribution in [1.29, 1.82) is 0 Å². The van der Waals surface area contributed by atoms with Gasteiger partial charge < -0.3 is 0 Å². The van der Waals surface area contributed by atoms with Gasteiger partial charge in [0.25, 0.3) is 0 Å². The van der Waals surface area contributed by atoms with Gasteiger partial charge in [0.1, 0.15) is 0 Å². The molecule has 0 rings (SSSR count). The van der Waals surface area contributed by atoms with E-state index in [-0.39, 0.29) is 0 Å². The molecule has 0 heterocycles. The molecule has 0 aliphatic carbocycles. The monoisotopic (exact) mass is 171 g/mol. The van der Waals surface area contributed by atoms with E-state index in [2.05, 4.69) is 4.72 Å². The fourth-order valence-corrected chi connectivity index (χ4v) is 0.973. The van der Waals surface area contributed by atoms with Gasteiger partial charge in [-0.2, -0.15) is 0 Å². The van der Waals surface area contributed by atoms with Crippen LogP contribution in [0.1, 0.15) is 6.42 Å². The normalized spacial score (nSPS) is 11.8. The van der Waals surface area contributed by atoms with Gasteiger partial charge in [0.15, 0.2) is 0 Å². The molecule has 9 heavy (non-hydrogen) atoms. The first-order valence-corrected chi connectivity index (χ1v) is 4.99. The summed E-state index contributed by atoms with van der Waals surface area (Å²) in [5.74, 6) is 0.489. The van der Waals surface area contributed by atoms with Crippen LogP contribution in [0, 0.1) is 0 Å². The van der Waals surface area contributed by atoms with Crippen molar-refractivity contribution in [1.82, 2.24) is 4.72 Å². The van der Waals surface area contributed by atoms with E-state index >= 15 is 0 Å². The largest absolute Gasteiger partial charge is 0.215 e. The Morgan fingerprint density at radius 2 is 2.11 bits per heavy atom.